The molecule has 0 amide bonds. The summed E-state index contributed by atoms with van der Waals surface area (Å²) >= 11 is 0. The van der Waals surface area contributed by atoms with E-state index in [1.807, 2.05) is 30.3 Å². The molecule has 0 saturated heterocycles. The number of amidine groups is 1. The van der Waals surface area contributed by atoms with Crippen LogP contribution >= 0.6 is 0 Å². The van der Waals surface area contributed by atoms with Gasteiger partial charge in [0.25, 0.3) is 0 Å². The highest BCUT2D eigenvalue weighted by Gasteiger charge is 2.16. The topological polar surface area (TPSA) is 66.0 Å². The Balaban J connectivity index is 2.53. The molecule has 1 atom stereocenters. The number of anilines is 1. The molecule has 21 heavy (non-hydrogen) atoms. The van der Waals surface area contributed by atoms with Gasteiger partial charge in [0.15, 0.2) is 0 Å². The quantitative estimate of drug-likeness (QED) is 0.631. The number of rotatable bonds is 6. The minimum atomic E-state index is 0.0749. The molecule has 0 radical (unpaired) electrons. The van der Waals surface area contributed by atoms with Crippen LogP contribution in [0.2, 0.25) is 0 Å². The average Bonchev–Trinajstić information content (AvgIpc) is 2.50. The second-order valence-corrected chi connectivity index (χ2v) is 5.52. The highest BCUT2D eigenvalue weighted by Crippen LogP contribution is 2.24. The highest BCUT2D eigenvalue weighted by molar-refractivity contribution is 6.03. The van der Waals surface area contributed by atoms with Crippen molar-refractivity contribution in [2.75, 3.05) is 18.0 Å². The van der Waals surface area contributed by atoms with Crippen LogP contribution in [0.15, 0.2) is 30.3 Å². The maximum absolute atomic E-state index is 7.86. The maximum atomic E-state index is 7.86. The van der Waals surface area contributed by atoms with E-state index in [0.717, 1.165) is 41.8 Å². The Morgan fingerprint density at radius 3 is 2.67 bits per heavy atom. The van der Waals surface area contributed by atoms with E-state index in [1.165, 1.54) is 0 Å². The third-order valence-corrected chi connectivity index (χ3v) is 3.90. The monoisotopic (exact) mass is 284 g/mol. The molecule has 0 fully saturated rings. The van der Waals surface area contributed by atoms with Gasteiger partial charge in [-0.2, -0.15) is 0 Å². The molecule has 0 bridgehead atoms. The summed E-state index contributed by atoms with van der Waals surface area (Å²) in [6.45, 7) is 8.33. The lowest BCUT2D eigenvalue weighted by Gasteiger charge is -2.27. The zero-order valence-electron chi connectivity index (χ0n) is 13.1. The molecule has 1 unspecified atom stereocenters. The summed E-state index contributed by atoms with van der Waals surface area (Å²) in [4.78, 5) is 6.98. The number of fused-ring (bicyclic) bond motifs is 1. The van der Waals surface area contributed by atoms with Gasteiger partial charge in [-0.25, -0.2) is 4.98 Å². The molecule has 0 spiro atoms. The van der Waals surface area contributed by atoms with Crippen molar-refractivity contribution in [2.24, 2.45) is 11.7 Å². The molecule has 0 aliphatic rings. The van der Waals surface area contributed by atoms with Crippen molar-refractivity contribution in [1.29, 1.82) is 5.41 Å². The Bertz CT molecular complexity index is 636. The number of pyridine rings is 1. The lowest BCUT2D eigenvalue weighted by molar-refractivity contribution is 0.545. The molecule has 0 aliphatic carbocycles. The van der Waals surface area contributed by atoms with E-state index in [9.17, 15) is 0 Å². The third-order valence-electron chi connectivity index (χ3n) is 3.90. The number of benzene rings is 1. The van der Waals surface area contributed by atoms with Crippen molar-refractivity contribution in [3.8, 4) is 0 Å². The minimum Gasteiger partial charge on any atom is -0.384 e. The minimum absolute atomic E-state index is 0.0749. The molecule has 3 N–H and O–H groups in total. The van der Waals surface area contributed by atoms with E-state index in [-0.39, 0.29) is 5.84 Å². The van der Waals surface area contributed by atoms with Crippen LogP contribution in [0.1, 0.15) is 32.8 Å². The predicted octanol–water partition coefficient (Wildman–Crippen LogP) is 3.39. The fourth-order valence-corrected chi connectivity index (χ4v) is 2.42. The Hall–Kier alpha value is -2.10. The number of para-hydroxylation sites is 1. The fraction of sp³-hybridized carbons (Fsp3) is 0.412. The number of nitrogens with two attached hydrogens (primary N) is 1. The average molecular weight is 284 g/mol. The van der Waals surface area contributed by atoms with Crippen LogP contribution in [0.4, 0.5) is 5.82 Å². The van der Waals surface area contributed by atoms with E-state index in [1.54, 1.807) is 0 Å². The van der Waals surface area contributed by atoms with Gasteiger partial charge in [-0.05, 0) is 25.0 Å². The van der Waals surface area contributed by atoms with Gasteiger partial charge in [-0.1, -0.05) is 38.5 Å². The van der Waals surface area contributed by atoms with Gasteiger partial charge in [0.05, 0.1) is 11.1 Å². The predicted molar refractivity (Wildman–Crippen MR) is 90.1 cm³/mol. The summed E-state index contributed by atoms with van der Waals surface area (Å²) in [6, 6.07) is 9.93. The summed E-state index contributed by atoms with van der Waals surface area (Å²) in [7, 11) is 0. The molecule has 2 aromatic rings. The van der Waals surface area contributed by atoms with E-state index in [2.05, 4.69) is 25.7 Å². The van der Waals surface area contributed by atoms with Crippen molar-refractivity contribution in [1.82, 2.24) is 4.98 Å². The first kappa shape index (κ1) is 15.3. The van der Waals surface area contributed by atoms with Crippen molar-refractivity contribution in [2.45, 2.75) is 27.2 Å². The van der Waals surface area contributed by atoms with Gasteiger partial charge in [0, 0.05) is 18.5 Å². The lowest BCUT2D eigenvalue weighted by atomic mass is 10.1. The zero-order valence-corrected chi connectivity index (χ0v) is 13.1. The molecule has 0 saturated carbocycles. The van der Waals surface area contributed by atoms with Gasteiger partial charge in [-0.3, -0.25) is 5.41 Å². The number of nitrogens with one attached hydrogen (secondary N) is 1. The Morgan fingerprint density at radius 1 is 1.33 bits per heavy atom. The van der Waals surface area contributed by atoms with E-state index in [4.69, 9.17) is 16.1 Å². The molecular weight excluding hydrogens is 260 g/mol. The summed E-state index contributed by atoms with van der Waals surface area (Å²) in [6.07, 6.45) is 1.12. The van der Waals surface area contributed by atoms with Crippen LogP contribution < -0.4 is 10.6 Å². The molecule has 1 heterocycles. The molecule has 112 valence electrons. The fourth-order valence-electron chi connectivity index (χ4n) is 2.42. The van der Waals surface area contributed by atoms with Crippen molar-refractivity contribution < 1.29 is 0 Å². The van der Waals surface area contributed by atoms with E-state index in [0.29, 0.717) is 5.92 Å². The second kappa shape index (κ2) is 6.57. The largest absolute Gasteiger partial charge is 0.384 e. The molecule has 0 aliphatic heterocycles. The van der Waals surface area contributed by atoms with Crippen LogP contribution in [0.25, 0.3) is 10.9 Å². The van der Waals surface area contributed by atoms with Crippen LogP contribution in [-0.2, 0) is 0 Å². The van der Waals surface area contributed by atoms with Crippen LogP contribution in [0.3, 0.4) is 0 Å². The van der Waals surface area contributed by atoms with Gasteiger partial charge < -0.3 is 10.6 Å². The Morgan fingerprint density at radius 2 is 2.05 bits per heavy atom. The molecule has 2 rings (SSSR count). The van der Waals surface area contributed by atoms with Gasteiger partial charge in [0.1, 0.15) is 11.7 Å². The van der Waals surface area contributed by atoms with Gasteiger partial charge in [-0.15, -0.1) is 0 Å². The van der Waals surface area contributed by atoms with Gasteiger partial charge >= 0.3 is 0 Å². The SMILES string of the molecule is CCC(C)CN(CC)c1nc2ccccc2cc1C(=N)N. The smallest absolute Gasteiger partial charge is 0.140 e. The van der Waals surface area contributed by atoms with Crippen molar-refractivity contribution in [3.05, 3.63) is 35.9 Å². The van der Waals surface area contributed by atoms with Crippen LogP contribution in [0, 0.1) is 11.3 Å². The number of nitrogen functional groups attached to an aromatic ring is 1. The summed E-state index contributed by atoms with van der Waals surface area (Å²) in [5, 5.41) is 8.88. The molecule has 1 aromatic heterocycles. The summed E-state index contributed by atoms with van der Waals surface area (Å²) < 4.78 is 0. The van der Waals surface area contributed by atoms with Crippen molar-refractivity contribution >= 4 is 22.6 Å². The summed E-state index contributed by atoms with van der Waals surface area (Å²) in [5.41, 5.74) is 7.44. The molecule has 1 aromatic carbocycles. The Labute approximate surface area is 126 Å². The first-order valence-corrected chi connectivity index (χ1v) is 7.55. The highest BCUT2D eigenvalue weighted by atomic mass is 15.2. The van der Waals surface area contributed by atoms with E-state index < -0.39 is 0 Å². The number of aromatic nitrogens is 1. The number of hydrogen-bond acceptors (Lipinski definition) is 3. The first-order chi connectivity index (χ1) is 10.1. The number of nitrogens with zero attached hydrogens (tertiary/aromatic N) is 2. The first-order valence-electron chi connectivity index (χ1n) is 7.55. The molecule has 4 heteroatoms. The Kier molecular flexibility index (Phi) is 4.78. The molecular formula is C17H24N4. The third kappa shape index (κ3) is 3.32. The van der Waals surface area contributed by atoms with Crippen LogP contribution in [0.5, 0.6) is 0 Å². The van der Waals surface area contributed by atoms with Crippen molar-refractivity contribution in [3.63, 3.8) is 0 Å². The van der Waals surface area contributed by atoms with E-state index >= 15 is 0 Å². The maximum Gasteiger partial charge on any atom is 0.140 e. The van der Waals surface area contributed by atoms with Crippen LogP contribution in [-0.4, -0.2) is 23.9 Å². The lowest BCUT2D eigenvalue weighted by Crippen LogP contribution is -2.31. The normalized spacial score (nSPS) is 12.3. The zero-order chi connectivity index (χ0) is 15.4. The van der Waals surface area contributed by atoms with Gasteiger partial charge in [0.2, 0.25) is 0 Å². The standard InChI is InChI=1S/C17H24N4/c1-4-12(3)11-21(5-2)17-14(16(18)19)10-13-8-6-7-9-15(13)20-17/h6-10,12H,4-5,11H2,1-3H3,(H3,18,19). The second-order valence-electron chi connectivity index (χ2n) is 5.52. The number of hydrogen-bond donors (Lipinski definition) is 2. The molecule has 4 nitrogen and oxygen atoms in total. The summed E-state index contributed by atoms with van der Waals surface area (Å²) in [5.74, 6) is 1.48.